The smallest absolute Gasteiger partial charge is 0.0484 e. The average molecular weight is 295 g/mol. The Balaban J connectivity index is 2.25. The highest BCUT2D eigenvalue weighted by atomic mass is 32.1. The van der Waals surface area contributed by atoms with Crippen molar-refractivity contribution in [3.8, 4) is 0 Å². The van der Waals surface area contributed by atoms with E-state index in [0.29, 0.717) is 12.0 Å². The molecular weight excluding hydrogens is 264 g/mol. The highest BCUT2D eigenvalue weighted by Crippen LogP contribution is 2.35. The molecule has 114 valence electrons. The fraction of sp³-hybridized carbons (Fsp3) is 0.765. The summed E-state index contributed by atoms with van der Waals surface area (Å²) in [5.74, 6) is 0.699. The molecule has 1 saturated carbocycles. The van der Waals surface area contributed by atoms with Crippen molar-refractivity contribution in [1.29, 1.82) is 0 Å². The van der Waals surface area contributed by atoms with E-state index in [1.54, 1.807) is 0 Å². The summed E-state index contributed by atoms with van der Waals surface area (Å²) in [5, 5.41) is 0. The number of nitrogens with zero attached hydrogens (tertiary/aromatic N) is 1. The van der Waals surface area contributed by atoms with Crippen LogP contribution in [-0.4, -0.2) is 24.0 Å². The van der Waals surface area contributed by atoms with Gasteiger partial charge in [0.15, 0.2) is 0 Å². The zero-order valence-electron chi connectivity index (χ0n) is 13.5. The van der Waals surface area contributed by atoms with Crippen molar-refractivity contribution in [1.82, 2.24) is 4.90 Å². The van der Waals surface area contributed by atoms with Crippen molar-refractivity contribution >= 4 is 11.3 Å². The first-order chi connectivity index (χ1) is 9.52. The molecule has 1 aromatic rings. The predicted molar refractivity (Wildman–Crippen MR) is 89.4 cm³/mol. The molecule has 2 N–H and O–H groups in total. The summed E-state index contributed by atoms with van der Waals surface area (Å²) in [4.78, 5) is 5.57. The Morgan fingerprint density at radius 2 is 1.95 bits per heavy atom. The van der Waals surface area contributed by atoms with Crippen molar-refractivity contribution in [2.45, 2.75) is 65.5 Å². The van der Waals surface area contributed by atoms with Gasteiger partial charge in [-0.1, -0.05) is 26.7 Å². The Kier molecular flexibility index (Phi) is 5.65. The lowest BCUT2D eigenvalue weighted by Gasteiger charge is -2.37. The average Bonchev–Trinajstić information content (AvgIpc) is 2.99. The normalized spacial score (nSPS) is 18.4. The lowest BCUT2D eigenvalue weighted by atomic mass is 10.0. The van der Waals surface area contributed by atoms with Gasteiger partial charge < -0.3 is 5.73 Å². The van der Waals surface area contributed by atoms with Crippen LogP contribution >= 0.6 is 11.3 Å². The van der Waals surface area contributed by atoms with Crippen molar-refractivity contribution in [3.05, 3.63) is 21.4 Å². The van der Waals surface area contributed by atoms with Crippen LogP contribution < -0.4 is 5.73 Å². The van der Waals surface area contributed by atoms with E-state index in [1.165, 1.54) is 47.5 Å². The van der Waals surface area contributed by atoms with Gasteiger partial charge in [0.1, 0.15) is 0 Å². The second kappa shape index (κ2) is 7.06. The summed E-state index contributed by atoms with van der Waals surface area (Å²) < 4.78 is 0. The topological polar surface area (TPSA) is 29.3 Å². The lowest BCUT2D eigenvalue weighted by molar-refractivity contribution is 0.121. The minimum Gasteiger partial charge on any atom is -0.329 e. The van der Waals surface area contributed by atoms with E-state index < -0.39 is 0 Å². The Morgan fingerprint density at radius 1 is 1.30 bits per heavy atom. The fourth-order valence-corrected chi connectivity index (χ4v) is 4.59. The maximum atomic E-state index is 6.19. The van der Waals surface area contributed by atoms with Gasteiger partial charge in [-0.25, -0.2) is 0 Å². The van der Waals surface area contributed by atoms with E-state index in [1.807, 2.05) is 11.3 Å². The van der Waals surface area contributed by atoms with Crippen LogP contribution in [0.2, 0.25) is 0 Å². The minimum atomic E-state index is 0.408. The quantitative estimate of drug-likeness (QED) is 0.849. The third kappa shape index (κ3) is 3.63. The van der Waals surface area contributed by atoms with E-state index in [9.17, 15) is 0 Å². The summed E-state index contributed by atoms with van der Waals surface area (Å²) in [6, 6.07) is 3.51. The van der Waals surface area contributed by atoms with E-state index in [0.717, 1.165) is 12.6 Å². The first-order valence-electron chi connectivity index (χ1n) is 8.05. The fourth-order valence-electron chi connectivity index (χ4n) is 3.61. The molecule has 1 unspecified atom stereocenters. The Bertz CT molecular complexity index is 419. The van der Waals surface area contributed by atoms with E-state index in [4.69, 9.17) is 5.73 Å². The second-order valence-corrected chi connectivity index (χ2v) is 8.11. The molecule has 1 heterocycles. The van der Waals surface area contributed by atoms with Gasteiger partial charge in [0.25, 0.3) is 0 Å². The van der Waals surface area contributed by atoms with Crippen LogP contribution in [0, 0.1) is 19.8 Å². The van der Waals surface area contributed by atoms with E-state index in [-0.39, 0.29) is 0 Å². The lowest BCUT2D eigenvalue weighted by Crippen LogP contribution is -2.42. The largest absolute Gasteiger partial charge is 0.329 e. The molecule has 0 aromatic carbocycles. The van der Waals surface area contributed by atoms with Crippen LogP contribution in [0.4, 0.5) is 0 Å². The van der Waals surface area contributed by atoms with Gasteiger partial charge in [0.2, 0.25) is 0 Å². The number of thiophene rings is 1. The van der Waals surface area contributed by atoms with Crippen LogP contribution in [-0.2, 0) is 0 Å². The zero-order valence-corrected chi connectivity index (χ0v) is 14.3. The summed E-state index contributed by atoms with van der Waals surface area (Å²) >= 11 is 1.91. The molecule has 0 saturated heterocycles. The number of hydrogen-bond donors (Lipinski definition) is 1. The van der Waals surface area contributed by atoms with Crippen molar-refractivity contribution < 1.29 is 0 Å². The van der Waals surface area contributed by atoms with E-state index in [2.05, 4.69) is 38.7 Å². The highest BCUT2D eigenvalue weighted by molar-refractivity contribution is 7.12. The molecule has 1 aliphatic carbocycles. The molecule has 20 heavy (non-hydrogen) atoms. The van der Waals surface area contributed by atoms with Crippen LogP contribution in [0.25, 0.3) is 0 Å². The number of rotatable bonds is 6. The summed E-state index contributed by atoms with van der Waals surface area (Å²) in [5.41, 5.74) is 7.66. The minimum absolute atomic E-state index is 0.408. The number of aryl methyl sites for hydroxylation is 2. The number of nitrogens with two attached hydrogens (primary N) is 1. The second-order valence-electron chi connectivity index (χ2n) is 6.65. The Hall–Kier alpha value is -0.380. The molecule has 1 aliphatic rings. The molecule has 0 spiro atoms. The molecule has 2 rings (SSSR count). The third-order valence-electron chi connectivity index (χ3n) is 4.43. The standard InChI is InChI=1S/C17H30N2S/c1-12(2)11-19(15-7-5-6-8-15)17(10-18)16-9-13(3)20-14(16)4/h9,12,15,17H,5-8,10-11,18H2,1-4H3. The molecule has 1 atom stereocenters. The first kappa shape index (κ1) is 16.0. The summed E-state index contributed by atoms with van der Waals surface area (Å²) in [6.45, 7) is 11.0. The summed E-state index contributed by atoms with van der Waals surface area (Å²) in [6.07, 6.45) is 5.48. The first-order valence-corrected chi connectivity index (χ1v) is 8.87. The highest BCUT2D eigenvalue weighted by Gasteiger charge is 2.30. The molecule has 0 aliphatic heterocycles. The van der Waals surface area contributed by atoms with Crippen LogP contribution in [0.1, 0.15) is 60.9 Å². The van der Waals surface area contributed by atoms with Crippen molar-refractivity contribution in [2.24, 2.45) is 11.7 Å². The third-order valence-corrected chi connectivity index (χ3v) is 5.41. The summed E-state index contributed by atoms with van der Waals surface area (Å²) in [7, 11) is 0. The molecule has 2 nitrogen and oxygen atoms in total. The van der Waals surface area contributed by atoms with Crippen LogP contribution in [0.5, 0.6) is 0 Å². The maximum Gasteiger partial charge on any atom is 0.0484 e. The molecule has 1 aromatic heterocycles. The van der Waals surface area contributed by atoms with Crippen molar-refractivity contribution in [2.75, 3.05) is 13.1 Å². The van der Waals surface area contributed by atoms with Gasteiger partial charge in [-0.05, 0) is 44.2 Å². The molecule has 0 bridgehead atoms. The maximum absolute atomic E-state index is 6.19. The van der Waals surface area contributed by atoms with Crippen molar-refractivity contribution in [3.63, 3.8) is 0 Å². The molecule has 1 fully saturated rings. The molecular formula is C17H30N2S. The molecule has 3 heteroatoms. The van der Waals surface area contributed by atoms with Gasteiger partial charge in [0, 0.05) is 34.9 Å². The van der Waals surface area contributed by atoms with Gasteiger partial charge in [-0.3, -0.25) is 4.90 Å². The van der Waals surface area contributed by atoms with Gasteiger partial charge in [-0.15, -0.1) is 11.3 Å². The van der Waals surface area contributed by atoms with Gasteiger partial charge in [-0.2, -0.15) is 0 Å². The predicted octanol–water partition coefficient (Wildman–Crippen LogP) is 4.27. The number of hydrogen-bond acceptors (Lipinski definition) is 3. The van der Waals surface area contributed by atoms with Crippen LogP contribution in [0.15, 0.2) is 6.07 Å². The molecule has 0 amide bonds. The van der Waals surface area contributed by atoms with Gasteiger partial charge in [0.05, 0.1) is 0 Å². The Morgan fingerprint density at radius 3 is 2.40 bits per heavy atom. The monoisotopic (exact) mass is 294 g/mol. The SMILES string of the molecule is Cc1cc(C(CN)N(CC(C)C)C2CCCC2)c(C)s1. The molecule has 0 radical (unpaired) electrons. The zero-order chi connectivity index (χ0) is 14.7. The van der Waals surface area contributed by atoms with Gasteiger partial charge >= 0.3 is 0 Å². The van der Waals surface area contributed by atoms with Crippen LogP contribution in [0.3, 0.4) is 0 Å². The Labute approximate surface area is 128 Å². The van der Waals surface area contributed by atoms with E-state index >= 15 is 0 Å².